The first kappa shape index (κ1) is 18.1. The normalized spacial score (nSPS) is 10.9. The van der Waals surface area contributed by atoms with E-state index in [0.717, 1.165) is 5.56 Å². The summed E-state index contributed by atoms with van der Waals surface area (Å²) >= 11 is 6.09. The maximum atomic E-state index is 12.1. The number of hydrogen-bond acceptors (Lipinski definition) is 4. The Kier molecular flexibility index (Phi) is 6.09. The average molecular weight is 349 g/mol. The minimum Gasteiger partial charge on any atom is -0.356 e. The quantitative estimate of drug-likeness (QED) is 0.839. The molecule has 1 aromatic carbocycles. The number of benzene rings is 1. The number of hydrogen-bond donors (Lipinski definition) is 2. The molecule has 6 nitrogen and oxygen atoms in total. The number of nitrogens with zero attached hydrogens (tertiary/aromatic N) is 2. The lowest BCUT2D eigenvalue weighted by Gasteiger charge is -2.07. The summed E-state index contributed by atoms with van der Waals surface area (Å²) < 4.78 is 0. The van der Waals surface area contributed by atoms with Crippen molar-refractivity contribution < 1.29 is 4.79 Å². The van der Waals surface area contributed by atoms with E-state index in [4.69, 9.17) is 11.6 Å². The smallest absolute Gasteiger partial charge is 0.273 e. The number of carbonyl (C=O) groups excluding carboxylic acids is 1. The van der Waals surface area contributed by atoms with Crippen LogP contribution >= 0.6 is 11.6 Å². The van der Waals surface area contributed by atoms with Gasteiger partial charge in [0.2, 0.25) is 5.91 Å². The van der Waals surface area contributed by atoms with Gasteiger partial charge in [-0.05, 0) is 24.5 Å². The molecule has 24 heavy (non-hydrogen) atoms. The summed E-state index contributed by atoms with van der Waals surface area (Å²) in [7, 11) is 0. The largest absolute Gasteiger partial charge is 0.356 e. The van der Waals surface area contributed by atoms with E-state index in [9.17, 15) is 9.59 Å². The summed E-state index contributed by atoms with van der Waals surface area (Å²) in [5, 5.41) is 11.4. The van der Waals surface area contributed by atoms with Crippen LogP contribution in [0.25, 0.3) is 11.4 Å². The first-order valence-electron chi connectivity index (χ1n) is 7.86. The number of halogens is 1. The van der Waals surface area contributed by atoms with Crippen molar-refractivity contribution in [1.29, 1.82) is 0 Å². The molecule has 0 atom stereocenters. The van der Waals surface area contributed by atoms with Crippen molar-refractivity contribution in [3.05, 3.63) is 44.8 Å². The van der Waals surface area contributed by atoms with Crippen LogP contribution in [-0.4, -0.2) is 27.6 Å². The molecule has 1 aromatic heterocycles. The van der Waals surface area contributed by atoms with Crippen LogP contribution in [0.3, 0.4) is 0 Å². The van der Waals surface area contributed by atoms with Gasteiger partial charge in [-0.25, -0.2) is 0 Å². The van der Waals surface area contributed by atoms with Gasteiger partial charge in [0.1, 0.15) is 5.69 Å². The standard InChI is InChI=1S/C17H21ClN4O2/c1-10(2)9-19-15(23)7-6-14-17(24)20-16(22-21-14)12-5-4-11(3)13(18)8-12/h4-5,8,10H,6-7,9H2,1-3H3,(H,19,23)(H,20,22,24). The van der Waals surface area contributed by atoms with Crippen LogP contribution in [0.2, 0.25) is 5.02 Å². The van der Waals surface area contributed by atoms with Crippen molar-refractivity contribution in [2.24, 2.45) is 5.92 Å². The van der Waals surface area contributed by atoms with Gasteiger partial charge in [0.15, 0.2) is 5.82 Å². The van der Waals surface area contributed by atoms with E-state index in [-0.39, 0.29) is 30.0 Å². The van der Waals surface area contributed by atoms with Gasteiger partial charge in [0.05, 0.1) is 0 Å². The molecule has 0 radical (unpaired) electrons. The summed E-state index contributed by atoms with van der Waals surface area (Å²) in [6, 6.07) is 5.40. The highest BCUT2D eigenvalue weighted by molar-refractivity contribution is 6.31. The zero-order chi connectivity index (χ0) is 17.7. The third-order valence-corrected chi connectivity index (χ3v) is 3.91. The molecular weight excluding hydrogens is 328 g/mol. The number of aromatic amines is 1. The van der Waals surface area contributed by atoms with Gasteiger partial charge in [-0.2, -0.15) is 0 Å². The molecule has 0 aliphatic rings. The molecule has 0 saturated carbocycles. The first-order valence-corrected chi connectivity index (χ1v) is 8.23. The van der Waals surface area contributed by atoms with E-state index in [1.54, 1.807) is 6.07 Å². The van der Waals surface area contributed by atoms with E-state index in [0.29, 0.717) is 28.9 Å². The molecule has 2 aromatic rings. The highest BCUT2D eigenvalue weighted by Crippen LogP contribution is 2.21. The Bertz CT molecular complexity index is 786. The molecule has 0 unspecified atom stereocenters. The van der Waals surface area contributed by atoms with Crippen LogP contribution in [0.1, 0.15) is 31.5 Å². The van der Waals surface area contributed by atoms with E-state index >= 15 is 0 Å². The second kappa shape index (κ2) is 8.06. The number of H-pyrrole nitrogens is 1. The van der Waals surface area contributed by atoms with Crippen LogP contribution < -0.4 is 10.9 Å². The van der Waals surface area contributed by atoms with Gasteiger partial charge in [0, 0.05) is 30.0 Å². The Balaban J connectivity index is 2.05. The number of amides is 1. The molecule has 0 bridgehead atoms. The highest BCUT2D eigenvalue weighted by atomic mass is 35.5. The van der Waals surface area contributed by atoms with Crippen molar-refractivity contribution in [3.8, 4) is 11.4 Å². The van der Waals surface area contributed by atoms with Gasteiger partial charge in [-0.1, -0.05) is 37.6 Å². The maximum Gasteiger partial charge on any atom is 0.273 e. The third-order valence-electron chi connectivity index (χ3n) is 3.51. The second-order valence-electron chi connectivity index (χ2n) is 6.11. The van der Waals surface area contributed by atoms with Crippen LogP contribution in [0.4, 0.5) is 0 Å². The summed E-state index contributed by atoms with van der Waals surface area (Å²) in [4.78, 5) is 26.5. The number of carbonyl (C=O) groups is 1. The van der Waals surface area contributed by atoms with Gasteiger partial charge in [-0.15, -0.1) is 10.2 Å². The summed E-state index contributed by atoms with van der Waals surface area (Å²) in [5.74, 6) is 0.645. The molecule has 1 amide bonds. The molecule has 2 rings (SSSR count). The zero-order valence-electron chi connectivity index (χ0n) is 14.0. The number of aromatic nitrogens is 3. The molecule has 0 fully saturated rings. The highest BCUT2D eigenvalue weighted by Gasteiger charge is 2.10. The van der Waals surface area contributed by atoms with Crippen LogP contribution in [0, 0.1) is 12.8 Å². The predicted molar refractivity (Wildman–Crippen MR) is 94.0 cm³/mol. The molecule has 2 N–H and O–H groups in total. The Labute approximate surface area is 145 Å². The molecule has 1 heterocycles. The molecule has 0 spiro atoms. The van der Waals surface area contributed by atoms with Crippen LogP contribution in [0.15, 0.2) is 23.0 Å². The summed E-state index contributed by atoms with van der Waals surface area (Å²) in [6.07, 6.45) is 0.460. The number of rotatable bonds is 6. The Morgan fingerprint density at radius 3 is 2.71 bits per heavy atom. The van der Waals surface area contributed by atoms with Gasteiger partial charge < -0.3 is 10.3 Å². The van der Waals surface area contributed by atoms with Gasteiger partial charge >= 0.3 is 0 Å². The molecule has 0 aliphatic carbocycles. The van der Waals surface area contributed by atoms with Crippen LogP contribution in [0.5, 0.6) is 0 Å². The molecule has 7 heteroatoms. The van der Waals surface area contributed by atoms with Crippen molar-refractivity contribution in [2.75, 3.05) is 6.54 Å². The van der Waals surface area contributed by atoms with Gasteiger partial charge in [0.25, 0.3) is 5.56 Å². The number of nitrogens with one attached hydrogen (secondary N) is 2. The minimum absolute atomic E-state index is 0.0979. The fourth-order valence-corrected chi connectivity index (χ4v) is 2.21. The van der Waals surface area contributed by atoms with E-state index in [1.807, 2.05) is 32.9 Å². The maximum absolute atomic E-state index is 12.1. The van der Waals surface area contributed by atoms with E-state index < -0.39 is 0 Å². The molecular formula is C17H21ClN4O2. The fourth-order valence-electron chi connectivity index (χ4n) is 2.03. The molecule has 0 saturated heterocycles. The van der Waals surface area contributed by atoms with Crippen molar-refractivity contribution >= 4 is 17.5 Å². The molecule has 128 valence electrons. The zero-order valence-corrected chi connectivity index (χ0v) is 14.8. The molecule has 0 aliphatic heterocycles. The topological polar surface area (TPSA) is 87.7 Å². The Hall–Kier alpha value is -2.21. The van der Waals surface area contributed by atoms with E-state index in [1.165, 1.54) is 0 Å². The first-order chi connectivity index (χ1) is 11.4. The second-order valence-corrected chi connectivity index (χ2v) is 6.52. The number of aryl methyl sites for hydroxylation is 2. The SMILES string of the molecule is Cc1ccc(-c2nnc(CCC(=O)NCC(C)C)c(=O)[nH]2)cc1Cl. The lowest BCUT2D eigenvalue weighted by Crippen LogP contribution is -2.28. The lowest BCUT2D eigenvalue weighted by molar-refractivity contribution is -0.121. The van der Waals surface area contributed by atoms with Gasteiger partial charge in [-0.3, -0.25) is 9.59 Å². The van der Waals surface area contributed by atoms with E-state index in [2.05, 4.69) is 20.5 Å². The summed E-state index contributed by atoms with van der Waals surface area (Å²) in [5.41, 5.74) is 1.54. The van der Waals surface area contributed by atoms with Crippen molar-refractivity contribution in [1.82, 2.24) is 20.5 Å². The monoisotopic (exact) mass is 348 g/mol. The fraction of sp³-hybridized carbons (Fsp3) is 0.412. The average Bonchev–Trinajstić information content (AvgIpc) is 2.54. The lowest BCUT2D eigenvalue weighted by atomic mass is 10.1. The van der Waals surface area contributed by atoms with Crippen LogP contribution in [-0.2, 0) is 11.2 Å². The minimum atomic E-state index is -0.339. The Morgan fingerprint density at radius 1 is 1.33 bits per heavy atom. The van der Waals surface area contributed by atoms with Crippen molar-refractivity contribution in [3.63, 3.8) is 0 Å². The third kappa shape index (κ3) is 4.89. The Morgan fingerprint density at radius 2 is 2.08 bits per heavy atom. The van der Waals surface area contributed by atoms with Crippen molar-refractivity contribution in [2.45, 2.75) is 33.6 Å². The predicted octanol–water partition coefficient (Wildman–Crippen LogP) is 2.50. The summed E-state index contributed by atoms with van der Waals surface area (Å²) in [6.45, 7) is 6.56.